The van der Waals surface area contributed by atoms with Gasteiger partial charge in [0, 0.05) is 0 Å². The summed E-state index contributed by atoms with van der Waals surface area (Å²) in [5.74, 6) is 0. The van der Waals surface area contributed by atoms with Crippen molar-refractivity contribution in [2.24, 2.45) is 0 Å². The van der Waals surface area contributed by atoms with E-state index in [-0.39, 0.29) is 0 Å². The first-order valence-electron chi connectivity index (χ1n) is 5.39. The van der Waals surface area contributed by atoms with Crippen LogP contribution >= 0.6 is 0 Å². The van der Waals surface area contributed by atoms with E-state index in [1.54, 1.807) is 0 Å². The number of benzene rings is 2. The first kappa shape index (κ1) is 11.7. The van der Waals surface area contributed by atoms with Crippen LogP contribution in [-0.4, -0.2) is 3.21 Å². The predicted octanol–water partition coefficient (Wildman–Crippen LogP) is 3.42. The zero-order valence-electron chi connectivity index (χ0n) is 9.62. The van der Waals surface area contributed by atoms with Gasteiger partial charge in [-0.15, -0.1) is 0 Å². The number of rotatable bonds is 2. The molecule has 0 fully saturated rings. The van der Waals surface area contributed by atoms with Gasteiger partial charge in [-0.05, 0) is 0 Å². The van der Waals surface area contributed by atoms with E-state index in [2.05, 4.69) is 62.4 Å². The molecule has 0 nitrogen and oxygen atoms in total. The second kappa shape index (κ2) is 5.02. The summed E-state index contributed by atoms with van der Waals surface area (Å²) < 4.78 is 1.42. The van der Waals surface area contributed by atoms with E-state index in [4.69, 9.17) is 0 Å². The summed E-state index contributed by atoms with van der Waals surface area (Å²) in [5.41, 5.74) is 5.31. The summed E-state index contributed by atoms with van der Waals surface area (Å²) >= 11 is 1.46. The van der Waals surface area contributed by atoms with Gasteiger partial charge in [0.25, 0.3) is 0 Å². The third-order valence-electron chi connectivity index (χ3n) is 2.68. The van der Waals surface area contributed by atoms with E-state index in [1.807, 2.05) is 0 Å². The van der Waals surface area contributed by atoms with Crippen LogP contribution in [-0.2, 0) is 24.2 Å². The van der Waals surface area contributed by atoms with Crippen molar-refractivity contribution in [1.29, 1.82) is 0 Å². The summed E-state index contributed by atoms with van der Waals surface area (Å²) in [7, 11) is 0. The van der Waals surface area contributed by atoms with E-state index in [1.165, 1.54) is 49.7 Å². The molecule has 0 heterocycles. The van der Waals surface area contributed by atoms with Crippen molar-refractivity contribution in [3.8, 4) is 0 Å². The molecule has 0 aliphatic heterocycles. The van der Waals surface area contributed by atoms with Crippen LogP contribution in [0.25, 0.3) is 0 Å². The van der Waals surface area contributed by atoms with Gasteiger partial charge in [-0.2, -0.15) is 0 Å². The fraction of sp³-hybridized carbons (Fsp3) is 0.133. The predicted molar refractivity (Wildman–Crippen MR) is 65.6 cm³/mol. The van der Waals surface area contributed by atoms with E-state index in [9.17, 15) is 0 Å². The Kier molecular flexibility index (Phi) is 3.66. The average molecular weight is 286 g/mol. The maximum absolute atomic E-state index is 2.21. The first-order valence-corrected chi connectivity index (χ1v) is 6.62. The molecule has 1 heteroatoms. The molecule has 78 valence electrons. The van der Waals surface area contributed by atoms with Gasteiger partial charge in [0.15, 0.2) is 0 Å². The molecule has 0 aliphatic carbocycles. The van der Waals surface area contributed by atoms with Crippen LogP contribution in [0.2, 0.25) is 0 Å². The van der Waals surface area contributed by atoms with Gasteiger partial charge in [-0.1, -0.05) is 0 Å². The molecule has 0 aliphatic rings. The molecular weight excluding hydrogens is 271 g/mol. The van der Waals surface area contributed by atoms with Gasteiger partial charge in [-0.3, -0.25) is 0 Å². The monoisotopic (exact) mass is 284 g/mol. The van der Waals surface area contributed by atoms with Crippen LogP contribution < -0.4 is 0 Å². The Morgan fingerprint density at radius 2 is 1.00 bits per heavy atom. The average Bonchev–Trinajstić information content (AvgIpc) is 2.30. The molecule has 0 saturated carbocycles. The Morgan fingerprint density at radius 3 is 1.31 bits per heavy atom. The Morgan fingerprint density at radius 1 is 0.688 bits per heavy atom. The fourth-order valence-corrected chi connectivity index (χ4v) is 2.43. The number of aryl methyl sites for hydroxylation is 2. The molecule has 0 amide bonds. The van der Waals surface area contributed by atoms with Crippen molar-refractivity contribution in [3.05, 3.63) is 70.8 Å². The fourth-order valence-electron chi connectivity index (χ4n) is 1.61. The molecule has 0 aromatic heterocycles. The van der Waals surface area contributed by atoms with Gasteiger partial charge in [0.2, 0.25) is 0 Å². The number of hydrogen-bond donors (Lipinski definition) is 0. The van der Waals surface area contributed by atoms with Crippen LogP contribution in [0.1, 0.15) is 22.3 Å². The van der Waals surface area contributed by atoms with Gasteiger partial charge >= 0.3 is 112 Å². The first-order chi connectivity index (χ1) is 7.66. The maximum atomic E-state index is 2.21. The third-order valence-corrected chi connectivity index (χ3v) is 4.10. The van der Waals surface area contributed by atoms with Crippen molar-refractivity contribution in [1.82, 2.24) is 0 Å². The standard InChI is InChI=1S/C15H14.Zr/c1-12-3-7-14(8-4-12)11-15-9-5-13(2)6-10-15;/h3-10H,1-2H3;. The van der Waals surface area contributed by atoms with Gasteiger partial charge in [0.05, 0.1) is 0 Å². The quantitative estimate of drug-likeness (QED) is 0.793. The molecule has 2 aromatic carbocycles. The SMILES string of the molecule is Cc1ccc([C](=[Zr])c2ccc(C)cc2)cc1. The summed E-state index contributed by atoms with van der Waals surface area (Å²) in [4.78, 5) is 0. The van der Waals surface area contributed by atoms with Crippen molar-refractivity contribution in [3.63, 3.8) is 0 Å². The Hall–Kier alpha value is -0.807. The zero-order valence-corrected chi connectivity index (χ0v) is 12.1. The Bertz CT molecular complexity index is 444. The van der Waals surface area contributed by atoms with Crippen molar-refractivity contribution in [2.75, 3.05) is 0 Å². The van der Waals surface area contributed by atoms with Crippen LogP contribution in [0.15, 0.2) is 48.5 Å². The van der Waals surface area contributed by atoms with Crippen molar-refractivity contribution < 1.29 is 24.2 Å². The minimum atomic E-state index is 1.32. The van der Waals surface area contributed by atoms with Crippen molar-refractivity contribution in [2.45, 2.75) is 13.8 Å². The van der Waals surface area contributed by atoms with Gasteiger partial charge in [0.1, 0.15) is 0 Å². The van der Waals surface area contributed by atoms with Crippen molar-refractivity contribution >= 4 is 3.21 Å². The summed E-state index contributed by atoms with van der Waals surface area (Å²) in [6.07, 6.45) is 0. The minimum absolute atomic E-state index is 1.32. The van der Waals surface area contributed by atoms with E-state index in [0.29, 0.717) is 0 Å². The van der Waals surface area contributed by atoms with Crippen LogP contribution in [0.5, 0.6) is 0 Å². The number of hydrogen-bond acceptors (Lipinski definition) is 0. The zero-order chi connectivity index (χ0) is 11.5. The molecular formula is C15H14Zr. The molecule has 0 spiro atoms. The molecule has 2 aromatic rings. The third kappa shape index (κ3) is 2.65. The molecule has 0 bridgehead atoms. The molecule has 0 atom stereocenters. The second-order valence-corrected chi connectivity index (χ2v) is 5.34. The van der Waals surface area contributed by atoms with E-state index in [0.717, 1.165) is 0 Å². The van der Waals surface area contributed by atoms with E-state index >= 15 is 0 Å². The Labute approximate surface area is 112 Å². The normalized spacial score (nSPS) is 10.1. The van der Waals surface area contributed by atoms with Gasteiger partial charge in [-0.25, -0.2) is 0 Å². The van der Waals surface area contributed by atoms with E-state index < -0.39 is 0 Å². The molecule has 16 heavy (non-hydrogen) atoms. The second-order valence-electron chi connectivity index (χ2n) is 4.11. The Balaban J connectivity index is 2.32. The summed E-state index contributed by atoms with van der Waals surface area (Å²) in [5, 5.41) is 0. The molecule has 0 radical (unpaired) electrons. The van der Waals surface area contributed by atoms with Crippen LogP contribution in [0.4, 0.5) is 0 Å². The van der Waals surface area contributed by atoms with Crippen LogP contribution in [0, 0.1) is 13.8 Å². The summed E-state index contributed by atoms with van der Waals surface area (Å²) in [6.45, 7) is 4.25. The molecule has 0 unspecified atom stereocenters. The van der Waals surface area contributed by atoms with Gasteiger partial charge < -0.3 is 0 Å². The molecule has 0 N–H and O–H groups in total. The molecule has 0 saturated heterocycles. The summed E-state index contributed by atoms with van der Waals surface area (Å²) in [6, 6.07) is 17.5. The van der Waals surface area contributed by atoms with Crippen LogP contribution in [0.3, 0.4) is 0 Å². The topological polar surface area (TPSA) is 0 Å². The molecule has 2 rings (SSSR count).